The largest absolute Gasteiger partial charge is 0.497 e. The highest BCUT2D eigenvalue weighted by molar-refractivity contribution is 7.80. The molecule has 0 aromatic heterocycles. The van der Waals surface area contributed by atoms with Gasteiger partial charge in [-0.15, -0.1) is 0 Å². The summed E-state index contributed by atoms with van der Waals surface area (Å²) in [4.78, 5) is 38.1. The average Bonchev–Trinajstić information content (AvgIpc) is 3.54. The van der Waals surface area contributed by atoms with Gasteiger partial charge in [0.15, 0.2) is 10.9 Å². The van der Waals surface area contributed by atoms with E-state index in [1.165, 1.54) is 0 Å². The van der Waals surface area contributed by atoms with Gasteiger partial charge >= 0.3 is 0 Å². The molecule has 4 N–H and O–H groups in total. The number of nitrogens with one attached hydrogen (secondary N) is 4. The summed E-state index contributed by atoms with van der Waals surface area (Å²) in [6, 6.07) is 5.95. The topological polar surface area (TPSA) is 121 Å². The molecule has 3 unspecified atom stereocenters. The minimum Gasteiger partial charge on any atom is -0.497 e. The molecule has 10 heteroatoms. The lowest BCUT2D eigenvalue weighted by Crippen LogP contribution is -2.52. The van der Waals surface area contributed by atoms with Gasteiger partial charge in [0.05, 0.1) is 26.3 Å². The number of carbonyl (C=O) groups is 3. The molecule has 9 nitrogen and oxygen atoms in total. The Bertz CT molecular complexity index is 900. The van der Waals surface area contributed by atoms with Crippen LogP contribution < -0.4 is 26.0 Å². The molecule has 2 rings (SSSR count). The SMILES string of the molecule is COc1ccc(NC(=S)NC(CC(C)C)C(=O)NCC(=O)NC(CC(C)C)C(=O)C2(C)CO2)cc1. The fourth-order valence-corrected chi connectivity index (χ4v) is 3.82. The van der Waals surface area contributed by atoms with Crippen LogP contribution in [-0.4, -0.2) is 60.7 Å². The fourth-order valence-electron chi connectivity index (χ4n) is 3.56. The average molecular weight is 507 g/mol. The summed E-state index contributed by atoms with van der Waals surface area (Å²) in [6.45, 7) is 9.80. The number of hydrogen-bond acceptors (Lipinski definition) is 6. The first-order chi connectivity index (χ1) is 16.4. The third-order valence-electron chi connectivity index (χ3n) is 5.56. The zero-order chi connectivity index (χ0) is 26.2. The van der Waals surface area contributed by atoms with Crippen molar-refractivity contribution in [2.75, 3.05) is 25.6 Å². The Labute approximate surface area is 213 Å². The number of hydrogen-bond donors (Lipinski definition) is 4. The molecule has 1 heterocycles. The van der Waals surface area contributed by atoms with Gasteiger partial charge in [0, 0.05) is 5.69 Å². The Morgan fingerprint density at radius 2 is 1.60 bits per heavy atom. The van der Waals surface area contributed by atoms with Crippen molar-refractivity contribution in [3.05, 3.63) is 24.3 Å². The van der Waals surface area contributed by atoms with Gasteiger partial charge in [-0.25, -0.2) is 0 Å². The zero-order valence-electron chi connectivity index (χ0n) is 21.4. The molecule has 1 aromatic carbocycles. The van der Waals surface area contributed by atoms with Gasteiger partial charge in [-0.05, 0) is 68.1 Å². The summed E-state index contributed by atoms with van der Waals surface area (Å²) in [5.41, 5.74) is -0.0739. The highest BCUT2D eigenvalue weighted by atomic mass is 32.1. The predicted molar refractivity (Wildman–Crippen MR) is 139 cm³/mol. The maximum absolute atomic E-state index is 12.9. The number of benzene rings is 1. The second-order valence-corrected chi connectivity index (χ2v) is 10.3. The highest BCUT2D eigenvalue weighted by Gasteiger charge is 2.50. The van der Waals surface area contributed by atoms with Crippen LogP contribution in [0.15, 0.2) is 24.3 Å². The number of ether oxygens (including phenoxy) is 2. The molecule has 1 aliphatic rings. The summed E-state index contributed by atoms with van der Waals surface area (Å²) >= 11 is 5.39. The molecule has 194 valence electrons. The van der Waals surface area contributed by atoms with Gasteiger partial charge in [-0.3, -0.25) is 14.4 Å². The Balaban J connectivity index is 1.92. The minimum absolute atomic E-state index is 0.139. The molecule has 3 atom stereocenters. The quantitative estimate of drug-likeness (QED) is 0.238. The van der Waals surface area contributed by atoms with Crippen molar-refractivity contribution in [1.29, 1.82) is 0 Å². The van der Waals surface area contributed by atoms with Crippen LogP contribution in [0.1, 0.15) is 47.5 Å². The first kappa shape index (κ1) is 28.5. The van der Waals surface area contributed by atoms with Gasteiger partial charge in [0.1, 0.15) is 17.4 Å². The van der Waals surface area contributed by atoms with Crippen LogP contribution >= 0.6 is 12.2 Å². The van der Waals surface area contributed by atoms with E-state index in [9.17, 15) is 14.4 Å². The first-order valence-corrected chi connectivity index (χ1v) is 12.3. The lowest BCUT2D eigenvalue weighted by Gasteiger charge is -2.23. The van der Waals surface area contributed by atoms with E-state index in [1.807, 2.05) is 39.8 Å². The number of rotatable bonds is 13. The van der Waals surface area contributed by atoms with Gasteiger partial charge in [-0.2, -0.15) is 0 Å². The summed E-state index contributed by atoms with van der Waals surface area (Å²) < 4.78 is 10.4. The highest BCUT2D eigenvalue weighted by Crippen LogP contribution is 2.29. The van der Waals surface area contributed by atoms with Gasteiger partial charge < -0.3 is 30.7 Å². The molecular formula is C25H38N4O5S. The lowest BCUT2D eigenvalue weighted by atomic mass is 9.93. The van der Waals surface area contributed by atoms with E-state index in [0.29, 0.717) is 24.6 Å². The van der Waals surface area contributed by atoms with Crippen molar-refractivity contribution in [1.82, 2.24) is 16.0 Å². The third-order valence-corrected chi connectivity index (χ3v) is 5.78. The number of thiocarbonyl (C=S) groups is 1. The second-order valence-electron chi connectivity index (χ2n) is 9.86. The van der Waals surface area contributed by atoms with Crippen molar-refractivity contribution in [3.8, 4) is 5.75 Å². The van der Waals surface area contributed by atoms with Crippen LogP contribution in [0.2, 0.25) is 0 Å². The van der Waals surface area contributed by atoms with Crippen molar-refractivity contribution in [2.24, 2.45) is 11.8 Å². The van der Waals surface area contributed by atoms with Crippen molar-refractivity contribution >= 4 is 40.6 Å². The van der Waals surface area contributed by atoms with Crippen molar-refractivity contribution in [3.63, 3.8) is 0 Å². The number of methoxy groups -OCH3 is 1. The van der Waals surface area contributed by atoms with Gasteiger partial charge in [0.2, 0.25) is 11.8 Å². The molecule has 0 saturated carbocycles. The maximum atomic E-state index is 12.9. The van der Waals surface area contributed by atoms with E-state index in [1.54, 1.807) is 26.2 Å². The number of anilines is 1. The lowest BCUT2D eigenvalue weighted by molar-refractivity contribution is -0.131. The van der Waals surface area contributed by atoms with Crippen molar-refractivity contribution < 1.29 is 23.9 Å². The normalized spacial score (nSPS) is 18.4. The first-order valence-electron chi connectivity index (χ1n) is 11.9. The molecule has 1 aliphatic heterocycles. The van der Waals surface area contributed by atoms with E-state index in [4.69, 9.17) is 21.7 Å². The van der Waals surface area contributed by atoms with Crippen LogP contribution in [0, 0.1) is 11.8 Å². The van der Waals surface area contributed by atoms with Crippen molar-refractivity contribution in [2.45, 2.75) is 65.1 Å². The molecule has 2 amide bonds. The van der Waals surface area contributed by atoms with Gasteiger partial charge in [-0.1, -0.05) is 27.7 Å². The molecule has 0 aliphatic carbocycles. The molecule has 1 saturated heterocycles. The second kappa shape index (κ2) is 12.8. The predicted octanol–water partition coefficient (Wildman–Crippen LogP) is 2.40. The maximum Gasteiger partial charge on any atom is 0.243 e. The Kier molecular flexibility index (Phi) is 10.5. The molecule has 1 fully saturated rings. The van der Waals surface area contributed by atoms with Crippen LogP contribution in [0.4, 0.5) is 5.69 Å². The van der Waals surface area contributed by atoms with Crippen LogP contribution in [0.5, 0.6) is 5.75 Å². The van der Waals surface area contributed by atoms with E-state index in [-0.39, 0.29) is 30.1 Å². The van der Waals surface area contributed by atoms with E-state index in [0.717, 1.165) is 11.4 Å². The van der Waals surface area contributed by atoms with Crippen LogP contribution in [-0.2, 0) is 19.1 Å². The summed E-state index contributed by atoms with van der Waals surface area (Å²) in [5.74, 6) is 0.227. The van der Waals surface area contributed by atoms with Crippen LogP contribution in [0.25, 0.3) is 0 Å². The van der Waals surface area contributed by atoms with Gasteiger partial charge in [0.25, 0.3) is 0 Å². The minimum atomic E-state index is -0.824. The monoisotopic (exact) mass is 506 g/mol. The number of ketones is 1. The third kappa shape index (κ3) is 9.45. The molecule has 0 spiro atoms. The summed E-state index contributed by atoms with van der Waals surface area (Å²) in [6.07, 6.45) is 1.02. The molecule has 0 radical (unpaired) electrons. The fraction of sp³-hybridized carbons (Fsp3) is 0.600. The van der Waals surface area contributed by atoms with E-state index >= 15 is 0 Å². The summed E-state index contributed by atoms with van der Waals surface area (Å²) in [7, 11) is 1.59. The molecule has 1 aromatic rings. The van der Waals surface area contributed by atoms with E-state index in [2.05, 4.69) is 21.3 Å². The molecule has 35 heavy (non-hydrogen) atoms. The molecular weight excluding hydrogens is 468 g/mol. The Morgan fingerprint density at radius 1 is 1.03 bits per heavy atom. The molecule has 0 bridgehead atoms. The van der Waals surface area contributed by atoms with Crippen LogP contribution in [0.3, 0.4) is 0 Å². The van der Waals surface area contributed by atoms with E-state index < -0.39 is 23.6 Å². The Morgan fingerprint density at radius 3 is 2.11 bits per heavy atom. The number of amides is 2. The zero-order valence-corrected chi connectivity index (χ0v) is 22.2. The number of epoxide rings is 1. The number of carbonyl (C=O) groups excluding carboxylic acids is 3. The number of Topliss-reactive ketones (excluding diaryl/α,β-unsaturated/α-hetero) is 1. The Hall–Kier alpha value is -2.72. The smallest absolute Gasteiger partial charge is 0.243 e. The standard InChI is InChI=1S/C25H38N4O5S/c1-15(2)11-19(22(31)25(5)14-34-25)28-21(30)13-26-23(32)20(12-16(3)4)29-24(35)27-17-7-9-18(33-6)10-8-17/h7-10,15-16,19-20H,11-14H2,1-6H3,(H,26,32)(H,28,30)(H2,27,29,35). The summed E-state index contributed by atoms with van der Waals surface area (Å²) in [5, 5.41) is 11.8.